The van der Waals surface area contributed by atoms with Gasteiger partial charge in [0, 0.05) is 30.4 Å². The lowest BCUT2D eigenvalue weighted by molar-refractivity contribution is -0.137. The second kappa shape index (κ2) is 9.26. The summed E-state index contributed by atoms with van der Waals surface area (Å²) in [5.41, 5.74) is 1.10. The van der Waals surface area contributed by atoms with Gasteiger partial charge in [-0.1, -0.05) is 37.3 Å². The number of piperidine rings is 1. The van der Waals surface area contributed by atoms with Gasteiger partial charge < -0.3 is 4.90 Å². The SMILES string of the molecule is C[C@@H](c1ccc(C(F)(F)F)cc1)C1(C#N)CCN(C(=O)c2ccccc2-c2ccncn2)CC1. The molecule has 0 saturated carbocycles. The molecule has 174 valence electrons. The number of alkyl halides is 3. The molecule has 5 nitrogen and oxygen atoms in total. The zero-order valence-electron chi connectivity index (χ0n) is 18.6. The van der Waals surface area contributed by atoms with Crippen molar-refractivity contribution >= 4 is 5.91 Å². The van der Waals surface area contributed by atoms with E-state index in [2.05, 4.69) is 16.0 Å². The topological polar surface area (TPSA) is 69.9 Å². The van der Waals surface area contributed by atoms with Crippen molar-refractivity contribution in [1.29, 1.82) is 5.26 Å². The molecule has 1 fully saturated rings. The van der Waals surface area contributed by atoms with E-state index in [1.54, 1.807) is 29.3 Å². The Bertz CT molecular complexity index is 1200. The number of carbonyl (C=O) groups is 1. The lowest BCUT2D eigenvalue weighted by Crippen LogP contribution is -2.44. The van der Waals surface area contributed by atoms with Crippen molar-refractivity contribution in [2.24, 2.45) is 5.41 Å². The van der Waals surface area contributed by atoms with Crippen LogP contribution in [-0.4, -0.2) is 33.9 Å². The summed E-state index contributed by atoms with van der Waals surface area (Å²) in [6, 6.07) is 16.4. The summed E-state index contributed by atoms with van der Waals surface area (Å²) in [4.78, 5) is 23.3. The number of carbonyl (C=O) groups excluding carboxylic acids is 1. The van der Waals surface area contributed by atoms with Crippen LogP contribution >= 0.6 is 0 Å². The largest absolute Gasteiger partial charge is 0.416 e. The van der Waals surface area contributed by atoms with E-state index in [9.17, 15) is 23.2 Å². The Kier molecular flexibility index (Phi) is 6.38. The summed E-state index contributed by atoms with van der Waals surface area (Å²) in [6.45, 7) is 2.64. The maximum absolute atomic E-state index is 13.4. The Labute approximate surface area is 195 Å². The molecule has 1 aromatic heterocycles. The van der Waals surface area contributed by atoms with Crippen LogP contribution in [0, 0.1) is 16.7 Å². The smallest absolute Gasteiger partial charge is 0.339 e. The van der Waals surface area contributed by atoms with E-state index in [1.165, 1.54) is 18.5 Å². The fourth-order valence-corrected chi connectivity index (χ4v) is 4.54. The zero-order chi connectivity index (χ0) is 24.3. The molecule has 1 atom stereocenters. The molecule has 0 bridgehead atoms. The number of benzene rings is 2. The first-order valence-corrected chi connectivity index (χ1v) is 11.0. The van der Waals surface area contributed by atoms with E-state index in [0.717, 1.165) is 12.1 Å². The summed E-state index contributed by atoms with van der Waals surface area (Å²) in [5.74, 6) is -0.409. The van der Waals surface area contributed by atoms with Gasteiger partial charge in [-0.3, -0.25) is 4.79 Å². The van der Waals surface area contributed by atoms with Gasteiger partial charge in [-0.25, -0.2) is 9.97 Å². The summed E-state index contributed by atoms with van der Waals surface area (Å²) in [7, 11) is 0. The van der Waals surface area contributed by atoms with E-state index >= 15 is 0 Å². The second-order valence-corrected chi connectivity index (χ2v) is 8.54. The maximum atomic E-state index is 13.4. The normalized spacial score (nSPS) is 16.5. The number of halogens is 3. The van der Waals surface area contributed by atoms with Gasteiger partial charge in [0.05, 0.1) is 22.7 Å². The molecule has 1 saturated heterocycles. The molecule has 3 aromatic rings. The molecule has 2 heterocycles. The number of nitriles is 1. The predicted molar refractivity (Wildman–Crippen MR) is 121 cm³/mol. The molecule has 1 aliphatic heterocycles. The number of aromatic nitrogens is 2. The Hall–Kier alpha value is -3.73. The molecule has 1 amide bonds. The van der Waals surface area contributed by atoms with Crippen LogP contribution in [0.3, 0.4) is 0 Å². The Morgan fingerprint density at radius 1 is 1.09 bits per heavy atom. The lowest BCUT2D eigenvalue weighted by Gasteiger charge is -2.41. The van der Waals surface area contributed by atoms with Crippen LogP contribution in [0.4, 0.5) is 13.2 Å². The third-order valence-electron chi connectivity index (χ3n) is 6.75. The van der Waals surface area contributed by atoms with Gasteiger partial charge in [-0.2, -0.15) is 18.4 Å². The van der Waals surface area contributed by atoms with E-state index in [1.807, 2.05) is 19.1 Å². The predicted octanol–water partition coefficient (Wildman–Crippen LogP) is 5.71. The number of hydrogen-bond acceptors (Lipinski definition) is 4. The van der Waals surface area contributed by atoms with Crippen molar-refractivity contribution in [1.82, 2.24) is 14.9 Å². The summed E-state index contributed by atoms with van der Waals surface area (Å²) in [5, 5.41) is 10.0. The van der Waals surface area contributed by atoms with Gasteiger partial charge in [0.25, 0.3) is 5.91 Å². The van der Waals surface area contributed by atoms with Crippen LogP contribution in [-0.2, 0) is 6.18 Å². The van der Waals surface area contributed by atoms with Gasteiger partial charge in [0.1, 0.15) is 6.33 Å². The maximum Gasteiger partial charge on any atom is 0.416 e. The van der Waals surface area contributed by atoms with Crippen LogP contribution in [0.25, 0.3) is 11.3 Å². The molecule has 1 aliphatic rings. The minimum absolute atomic E-state index is 0.136. The minimum Gasteiger partial charge on any atom is -0.339 e. The quantitative estimate of drug-likeness (QED) is 0.496. The molecular formula is C26H23F3N4O. The van der Waals surface area contributed by atoms with Gasteiger partial charge in [0.15, 0.2) is 0 Å². The molecular weight excluding hydrogens is 441 g/mol. The van der Waals surface area contributed by atoms with Crippen molar-refractivity contribution in [3.8, 4) is 17.3 Å². The third-order valence-corrected chi connectivity index (χ3v) is 6.75. The van der Waals surface area contributed by atoms with E-state index in [-0.39, 0.29) is 11.8 Å². The standard InChI is InChI=1S/C26H23F3N4O/c1-18(19-6-8-20(9-7-19)26(27,28)29)25(16-30)11-14-33(15-12-25)24(34)22-5-3-2-4-21(22)23-10-13-31-17-32-23/h2-10,13,17-18H,11-12,14-15H2,1H3/t18-/m0/s1. The van der Waals surface area contributed by atoms with Gasteiger partial charge in [0.2, 0.25) is 0 Å². The number of nitrogens with zero attached hydrogens (tertiary/aromatic N) is 4. The molecule has 4 rings (SSSR count). The van der Waals surface area contributed by atoms with Crippen molar-refractivity contribution in [2.45, 2.75) is 31.9 Å². The Balaban J connectivity index is 1.51. The highest BCUT2D eigenvalue weighted by molar-refractivity contribution is 6.00. The summed E-state index contributed by atoms with van der Waals surface area (Å²) < 4.78 is 38.7. The minimum atomic E-state index is -4.40. The van der Waals surface area contributed by atoms with E-state index in [4.69, 9.17) is 0 Å². The van der Waals surface area contributed by atoms with Crippen LogP contribution in [0.2, 0.25) is 0 Å². The molecule has 0 radical (unpaired) electrons. The van der Waals surface area contributed by atoms with E-state index < -0.39 is 17.2 Å². The monoisotopic (exact) mass is 464 g/mol. The molecule has 0 N–H and O–H groups in total. The first-order valence-electron chi connectivity index (χ1n) is 11.0. The van der Waals surface area contributed by atoms with E-state index in [0.29, 0.717) is 48.3 Å². The highest BCUT2D eigenvalue weighted by atomic mass is 19.4. The van der Waals surface area contributed by atoms with Crippen LogP contribution in [0.15, 0.2) is 67.1 Å². The Morgan fingerprint density at radius 3 is 2.35 bits per heavy atom. The van der Waals surface area contributed by atoms with Crippen molar-refractivity contribution in [2.75, 3.05) is 13.1 Å². The number of amides is 1. The molecule has 0 unspecified atom stereocenters. The zero-order valence-corrected chi connectivity index (χ0v) is 18.6. The fraction of sp³-hybridized carbons (Fsp3) is 0.308. The van der Waals surface area contributed by atoms with Crippen LogP contribution in [0.5, 0.6) is 0 Å². The summed E-state index contributed by atoms with van der Waals surface area (Å²) in [6.07, 6.45) is -0.474. The molecule has 34 heavy (non-hydrogen) atoms. The highest BCUT2D eigenvalue weighted by Gasteiger charge is 2.42. The number of rotatable bonds is 4. The molecule has 2 aromatic carbocycles. The van der Waals surface area contributed by atoms with Gasteiger partial charge in [-0.05, 0) is 48.6 Å². The van der Waals surface area contributed by atoms with Crippen LogP contribution < -0.4 is 0 Å². The molecule has 8 heteroatoms. The Morgan fingerprint density at radius 2 is 1.76 bits per heavy atom. The van der Waals surface area contributed by atoms with Crippen molar-refractivity contribution in [3.63, 3.8) is 0 Å². The summed E-state index contributed by atoms with van der Waals surface area (Å²) >= 11 is 0. The lowest BCUT2D eigenvalue weighted by atomic mass is 9.68. The average Bonchev–Trinajstić information content (AvgIpc) is 2.88. The third kappa shape index (κ3) is 4.51. The highest BCUT2D eigenvalue weighted by Crippen LogP contribution is 2.44. The fourth-order valence-electron chi connectivity index (χ4n) is 4.54. The van der Waals surface area contributed by atoms with Crippen molar-refractivity contribution in [3.05, 3.63) is 83.8 Å². The van der Waals surface area contributed by atoms with Gasteiger partial charge >= 0.3 is 6.18 Å². The number of likely N-dealkylation sites (tertiary alicyclic amines) is 1. The second-order valence-electron chi connectivity index (χ2n) is 8.54. The first kappa shape index (κ1) is 23.4. The number of hydrogen-bond donors (Lipinski definition) is 0. The first-order chi connectivity index (χ1) is 16.2. The van der Waals surface area contributed by atoms with Crippen molar-refractivity contribution < 1.29 is 18.0 Å². The van der Waals surface area contributed by atoms with Crippen LogP contribution in [0.1, 0.15) is 47.2 Å². The average molecular weight is 464 g/mol. The van der Waals surface area contributed by atoms with Gasteiger partial charge in [-0.15, -0.1) is 0 Å². The molecule has 0 aliphatic carbocycles. The molecule has 0 spiro atoms.